The molecule has 7 nitrogen and oxygen atoms in total. The Hall–Kier alpha value is -1.57. The SMILES string of the molecule is C=C(C)CNC(=O)N1CCS(=O)(=O)CC1CC(=O)O. The maximum absolute atomic E-state index is 11.9. The van der Waals surface area contributed by atoms with Gasteiger partial charge in [-0.3, -0.25) is 4.79 Å². The van der Waals surface area contributed by atoms with E-state index < -0.39 is 27.9 Å². The van der Waals surface area contributed by atoms with Crippen LogP contribution in [0.4, 0.5) is 4.79 Å². The monoisotopic (exact) mass is 290 g/mol. The minimum absolute atomic E-state index is 0.0162. The van der Waals surface area contributed by atoms with Crippen LogP contribution in [-0.2, 0) is 14.6 Å². The van der Waals surface area contributed by atoms with Crippen LogP contribution in [0.15, 0.2) is 12.2 Å². The Bertz CT molecular complexity index is 485. The fourth-order valence-corrected chi connectivity index (χ4v) is 3.38. The van der Waals surface area contributed by atoms with Gasteiger partial charge in [-0.05, 0) is 6.92 Å². The van der Waals surface area contributed by atoms with Crippen LogP contribution in [0, 0.1) is 0 Å². The quantitative estimate of drug-likeness (QED) is 0.700. The van der Waals surface area contributed by atoms with Crippen LogP contribution >= 0.6 is 0 Å². The lowest BCUT2D eigenvalue weighted by molar-refractivity contribution is -0.138. The molecule has 0 bridgehead atoms. The van der Waals surface area contributed by atoms with Gasteiger partial charge in [0, 0.05) is 13.1 Å². The number of carboxylic acids is 1. The average Bonchev–Trinajstić information content (AvgIpc) is 2.24. The van der Waals surface area contributed by atoms with Crippen LogP contribution in [0.25, 0.3) is 0 Å². The molecule has 0 aliphatic carbocycles. The molecular weight excluding hydrogens is 272 g/mol. The molecule has 2 amide bonds. The van der Waals surface area contributed by atoms with Gasteiger partial charge >= 0.3 is 12.0 Å². The minimum atomic E-state index is -3.28. The highest BCUT2D eigenvalue weighted by molar-refractivity contribution is 7.91. The molecule has 0 radical (unpaired) electrons. The predicted molar refractivity (Wildman–Crippen MR) is 69.6 cm³/mol. The molecule has 2 N–H and O–H groups in total. The summed E-state index contributed by atoms with van der Waals surface area (Å²) in [4.78, 5) is 23.9. The third-order valence-corrected chi connectivity index (χ3v) is 4.44. The number of nitrogens with one attached hydrogen (secondary N) is 1. The first-order valence-corrected chi connectivity index (χ1v) is 7.64. The second kappa shape index (κ2) is 6.05. The van der Waals surface area contributed by atoms with E-state index >= 15 is 0 Å². The van der Waals surface area contributed by atoms with E-state index in [2.05, 4.69) is 11.9 Å². The van der Waals surface area contributed by atoms with Gasteiger partial charge < -0.3 is 15.3 Å². The minimum Gasteiger partial charge on any atom is -0.481 e. The number of sulfone groups is 1. The number of hydrogen-bond acceptors (Lipinski definition) is 4. The van der Waals surface area contributed by atoms with Gasteiger partial charge in [0.05, 0.1) is 24.0 Å². The lowest BCUT2D eigenvalue weighted by Gasteiger charge is -2.34. The molecule has 0 saturated carbocycles. The largest absolute Gasteiger partial charge is 0.481 e. The van der Waals surface area contributed by atoms with Crippen molar-refractivity contribution < 1.29 is 23.1 Å². The third kappa shape index (κ3) is 4.90. The summed E-state index contributed by atoms with van der Waals surface area (Å²) in [6, 6.07) is -1.27. The van der Waals surface area contributed by atoms with E-state index in [-0.39, 0.29) is 31.0 Å². The summed E-state index contributed by atoms with van der Waals surface area (Å²) in [5.74, 6) is -1.57. The molecule has 1 aliphatic heterocycles. The van der Waals surface area contributed by atoms with Gasteiger partial charge in [0.25, 0.3) is 0 Å². The van der Waals surface area contributed by atoms with E-state index in [1.54, 1.807) is 6.92 Å². The highest BCUT2D eigenvalue weighted by atomic mass is 32.2. The summed E-state index contributed by atoms with van der Waals surface area (Å²) in [7, 11) is -3.28. The molecule has 1 heterocycles. The van der Waals surface area contributed by atoms with E-state index in [0.717, 1.165) is 5.57 Å². The van der Waals surface area contributed by atoms with E-state index in [1.165, 1.54) is 4.90 Å². The molecule has 108 valence electrons. The highest BCUT2D eigenvalue weighted by Gasteiger charge is 2.35. The van der Waals surface area contributed by atoms with Crippen molar-refractivity contribution in [3.05, 3.63) is 12.2 Å². The first-order valence-electron chi connectivity index (χ1n) is 5.82. The molecule has 1 atom stereocenters. The van der Waals surface area contributed by atoms with Gasteiger partial charge in [-0.2, -0.15) is 0 Å². The molecule has 1 aliphatic rings. The molecule has 8 heteroatoms. The van der Waals surface area contributed by atoms with Gasteiger partial charge in [-0.25, -0.2) is 13.2 Å². The number of amides is 2. The Kier molecular flexibility index (Phi) is 4.93. The second-order valence-electron chi connectivity index (χ2n) is 4.68. The standard InChI is InChI=1S/C11H18N2O5S/c1-8(2)6-12-11(16)13-3-4-19(17,18)7-9(13)5-10(14)15/h9H,1,3-7H2,2H3,(H,12,16)(H,14,15). The smallest absolute Gasteiger partial charge is 0.317 e. The number of carbonyl (C=O) groups is 2. The molecule has 0 spiro atoms. The Morgan fingerprint density at radius 1 is 1.47 bits per heavy atom. The summed E-state index contributed by atoms with van der Waals surface area (Å²) in [6.07, 6.45) is -0.375. The molecule has 0 aromatic heterocycles. The molecule has 1 rings (SSSR count). The van der Waals surface area contributed by atoms with Gasteiger partial charge in [0.2, 0.25) is 0 Å². The van der Waals surface area contributed by atoms with Crippen molar-refractivity contribution in [2.24, 2.45) is 0 Å². The number of carbonyl (C=O) groups excluding carboxylic acids is 1. The maximum atomic E-state index is 11.9. The van der Waals surface area contributed by atoms with Crippen LogP contribution in [0.1, 0.15) is 13.3 Å². The Balaban J connectivity index is 2.75. The first kappa shape index (κ1) is 15.5. The number of carboxylic acid groups (broad SMARTS) is 1. The zero-order valence-electron chi connectivity index (χ0n) is 10.8. The van der Waals surface area contributed by atoms with E-state index in [9.17, 15) is 18.0 Å². The Morgan fingerprint density at radius 2 is 2.11 bits per heavy atom. The zero-order chi connectivity index (χ0) is 14.6. The topological polar surface area (TPSA) is 104 Å². The van der Waals surface area contributed by atoms with Crippen molar-refractivity contribution in [3.8, 4) is 0 Å². The van der Waals surface area contributed by atoms with Crippen LogP contribution in [0.2, 0.25) is 0 Å². The lowest BCUT2D eigenvalue weighted by atomic mass is 10.2. The summed E-state index contributed by atoms with van der Waals surface area (Å²) < 4.78 is 23.0. The zero-order valence-corrected chi connectivity index (χ0v) is 11.6. The fraction of sp³-hybridized carbons (Fsp3) is 0.636. The van der Waals surface area contributed by atoms with E-state index in [4.69, 9.17) is 5.11 Å². The number of aliphatic carboxylic acids is 1. The molecule has 1 saturated heterocycles. The van der Waals surface area contributed by atoms with Crippen LogP contribution < -0.4 is 5.32 Å². The van der Waals surface area contributed by atoms with Gasteiger partial charge in [0.1, 0.15) is 0 Å². The lowest BCUT2D eigenvalue weighted by Crippen LogP contribution is -2.55. The summed E-state index contributed by atoms with van der Waals surface area (Å²) in [5.41, 5.74) is 0.757. The molecule has 19 heavy (non-hydrogen) atoms. The van der Waals surface area contributed by atoms with Crippen molar-refractivity contribution in [2.75, 3.05) is 24.6 Å². The summed E-state index contributed by atoms with van der Waals surface area (Å²) in [5, 5.41) is 11.4. The molecular formula is C11H18N2O5S. The molecule has 1 unspecified atom stereocenters. The van der Waals surface area contributed by atoms with Crippen molar-refractivity contribution in [3.63, 3.8) is 0 Å². The fourth-order valence-electron chi connectivity index (χ4n) is 1.85. The van der Waals surface area contributed by atoms with E-state index in [0.29, 0.717) is 0 Å². The first-order chi connectivity index (χ1) is 8.71. The van der Waals surface area contributed by atoms with Crippen LogP contribution in [-0.4, -0.2) is 61.1 Å². The van der Waals surface area contributed by atoms with Gasteiger partial charge in [0.15, 0.2) is 9.84 Å². The predicted octanol–water partition coefficient (Wildman–Crippen LogP) is -0.154. The molecule has 1 fully saturated rings. The van der Waals surface area contributed by atoms with Crippen molar-refractivity contribution in [1.82, 2.24) is 10.2 Å². The highest BCUT2D eigenvalue weighted by Crippen LogP contribution is 2.15. The van der Waals surface area contributed by atoms with Crippen LogP contribution in [0.5, 0.6) is 0 Å². The Morgan fingerprint density at radius 3 is 2.63 bits per heavy atom. The molecule has 0 aromatic rings. The van der Waals surface area contributed by atoms with Crippen LogP contribution in [0.3, 0.4) is 0 Å². The third-order valence-electron chi connectivity index (χ3n) is 2.74. The van der Waals surface area contributed by atoms with Gasteiger partial charge in [-0.1, -0.05) is 12.2 Å². The number of nitrogens with zero attached hydrogens (tertiary/aromatic N) is 1. The molecule has 0 aromatic carbocycles. The van der Waals surface area contributed by atoms with Crippen molar-refractivity contribution in [1.29, 1.82) is 0 Å². The number of rotatable bonds is 4. The van der Waals surface area contributed by atoms with Gasteiger partial charge in [-0.15, -0.1) is 0 Å². The number of hydrogen-bond donors (Lipinski definition) is 2. The normalized spacial score (nSPS) is 21.7. The average molecular weight is 290 g/mol. The second-order valence-corrected chi connectivity index (χ2v) is 6.90. The van der Waals surface area contributed by atoms with E-state index in [1.807, 2.05) is 0 Å². The Labute approximate surface area is 112 Å². The van der Waals surface area contributed by atoms with Crippen molar-refractivity contribution in [2.45, 2.75) is 19.4 Å². The van der Waals surface area contributed by atoms with Crippen molar-refractivity contribution >= 4 is 21.8 Å². The summed E-state index contributed by atoms with van der Waals surface area (Å²) >= 11 is 0. The summed E-state index contributed by atoms with van der Waals surface area (Å²) in [6.45, 7) is 5.68. The number of urea groups is 1. The maximum Gasteiger partial charge on any atom is 0.317 e.